The summed E-state index contributed by atoms with van der Waals surface area (Å²) in [5, 5.41) is 0. The van der Waals surface area contributed by atoms with E-state index in [1.807, 2.05) is 36.2 Å². The van der Waals surface area contributed by atoms with Crippen LogP contribution >= 0.6 is 0 Å². The first-order valence-electron chi connectivity index (χ1n) is 7.22. The molecule has 1 amide bonds. The van der Waals surface area contributed by atoms with Crippen LogP contribution in [0.3, 0.4) is 0 Å². The Morgan fingerprint density at radius 3 is 2.68 bits per heavy atom. The fourth-order valence-corrected chi connectivity index (χ4v) is 2.08. The second-order valence-electron chi connectivity index (χ2n) is 5.33. The maximum atomic E-state index is 12.2. The van der Waals surface area contributed by atoms with Gasteiger partial charge in [-0.05, 0) is 19.2 Å². The van der Waals surface area contributed by atoms with E-state index in [2.05, 4.69) is 9.97 Å². The second-order valence-corrected chi connectivity index (χ2v) is 5.33. The predicted molar refractivity (Wildman–Crippen MR) is 85.4 cm³/mol. The molecule has 1 heterocycles. The number of ether oxygens (including phenoxy) is 1. The molecule has 0 N–H and O–H groups in total. The third-order valence-electron chi connectivity index (χ3n) is 3.41. The van der Waals surface area contributed by atoms with Gasteiger partial charge in [0.1, 0.15) is 0 Å². The summed E-state index contributed by atoms with van der Waals surface area (Å²) in [5.74, 6) is 0.0496. The smallest absolute Gasteiger partial charge is 0.236 e. The van der Waals surface area contributed by atoms with Gasteiger partial charge in [-0.3, -0.25) is 14.7 Å². The van der Waals surface area contributed by atoms with Crippen LogP contribution in [-0.4, -0.2) is 66.6 Å². The van der Waals surface area contributed by atoms with Crippen LogP contribution in [0.1, 0.15) is 5.69 Å². The van der Waals surface area contributed by atoms with Crippen molar-refractivity contribution in [2.75, 3.05) is 40.9 Å². The van der Waals surface area contributed by atoms with Crippen molar-refractivity contribution in [1.29, 1.82) is 0 Å². The molecule has 0 radical (unpaired) electrons. The fourth-order valence-electron chi connectivity index (χ4n) is 2.08. The van der Waals surface area contributed by atoms with Crippen LogP contribution in [0.15, 0.2) is 30.5 Å². The van der Waals surface area contributed by atoms with E-state index in [-0.39, 0.29) is 5.91 Å². The van der Waals surface area contributed by atoms with Crippen LogP contribution in [0.25, 0.3) is 11.0 Å². The van der Waals surface area contributed by atoms with Crippen molar-refractivity contribution in [2.24, 2.45) is 0 Å². The molecule has 0 atom stereocenters. The monoisotopic (exact) mass is 302 g/mol. The minimum absolute atomic E-state index is 0.0496. The van der Waals surface area contributed by atoms with Crippen molar-refractivity contribution >= 4 is 16.9 Å². The highest BCUT2D eigenvalue weighted by Gasteiger charge is 2.13. The van der Waals surface area contributed by atoms with Crippen LogP contribution in [0.4, 0.5) is 0 Å². The van der Waals surface area contributed by atoms with E-state index in [1.165, 1.54) is 0 Å². The molecule has 0 fully saturated rings. The van der Waals surface area contributed by atoms with Gasteiger partial charge < -0.3 is 9.64 Å². The number of amides is 1. The summed E-state index contributed by atoms with van der Waals surface area (Å²) < 4.78 is 5.01. The fraction of sp³-hybridized carbons (Fsp3) is 0.438. The molecule has 0 aliphatic heterocycles. The van der Waals surface area contributed by atoms with Crippen molar-refractivity contribution < 1.29 is 9.53 Å². The van der Waals surface area contributed by atoms with Gasteiger partial charge in [-0.15, -0.1) is 0 Å². The van der Waals surface area contributed by atoms with Crippen molar-refractivity contribution in [2.45, 2.75) is 6.54 Å². The molecule has 0 unspecified atom stereocenters. The van der Waals surface area contributed by atoms with E-state index < -0.39 is 0 Å². The lowest BCUT2D eigenvalue weighted by molar-refractivity contribution is -0.131. The summed E-state index contributed by atoms with van der Waals surface area (Å²) in [7, 11) is 5.34. The number of hydrogen-bond acceptors (Lipinski definition) is 5. The maximum absolute atomic E-state index is 12.2. The number of para-hydroxylation sites is 2. The number of carbonyl (C=O) groups excluding carboxylic acids is 1. The summed E-state index contributed by atoms with van der Waals surface area (Å²) in [6.45, 7) is 2.16. The number of aromatic nitrogens is 2. The first-order chi connectivity index (χ1) is 10.6. The standard InChI is InChI=1S/C16H22N4O2/c1-19(8-9-22-3)12-16(21)20(2)11-13-10-17-14-6-4-5-7-15(14)18-13/h4-7,10H,8-9,11-12H2,1-3H3. The van der Waals surface area contributed by atoms with Gasteiger partial charge in [-0.25, -0.2) is 4.98 Å². The molecule has 2 aromatic rings. The molecule has 0 saturated heterocycles. The molecule has 0 bridgehead atoms. The van der Waals surface area contributed by atoms with Crippen LogP contribution in [0.2, 0.25) is 0 Å². The minimum Gasteiger partial charge on any atom is -0.383 e. The number of nitrogens with zero attached hydrogens (tertiary/aromatic N) is 4. The number of methoxy groups -OCH3 is 1. The Bertz CT molecular complexity index is 632. The van der Waals surface area contributed by atoms with Gasteiger partial charge in [0.05, 0.1) is 42.6 Å². The number of rotatable bonds is 7. The number of likely N-dealkylation sites (N-methyl/N-ethyl adjacent to an activating group) is 2. The Kier molecular flexibility index (Phi) is 5.80. The van der Waals surface area contributed by atoms with E-state index in [9.17, 15) is 4.79 Å². The Labute approximate surface area is 130 Å². The molecular formula is C16H22N4O2. The van der Waals surface area contributed by atoms with Crippen LogP contribution in [0.5, 0.6) is 0 Å². The molecule has 1 aromatic carbocycles. The molecule has 6 nitrogen and oxygen atoms in total. The predicted octanol–water partition coefficient (Wildman–Crippen LogP) is 1.17. The highest BCUT2D eigenvalue weighted by atomic mass is 16.5. The molecule has 2 rings (SSSR count). The molecule has 118 valence electrons. The van der Waals surface area contributed by atoms with E-state index in [4.69, 9.17) is 4.74 Å². The normalized spacial score (nSPS) is 11.1. The van der Waals surface area contributed by atoms with Gasteiger partial charge in [0, 0.05) is 20.7 Å². The van der Waals surface area contributed by atoms with Gasteiger partial charge in [0.25, 0.3) is 0 Å². The van der Waals surface area contributed by atoms with Gasteiger partial charge in [-0.1, -0.05) is 12.1 Å². The summed E-state index contributed by atoms with van der Waals surface area (Å²) in [5.41, 5.74) is 2.49. The second kappa shape index (κ2) is 7.82. The SMILES string of the molecule is COCCN(C)CC(=O)N(C)Cc1cnc2ccccc2n1. The van der Waals surface area contributed by atoms with Crippen molar-refractivity contribution in [3.05, 3.63) is 36.2 Å². The molecule has 6 heteroatoms. The van der Waals surface area contributed by atoms with E-state index in [0.29, 0.717) is 19.7 Å². The lowest BCUT2D eigenvalue weighted by Crippen LogP contribution is -2.37. The molecule has 0 saturated carbocycles. The van der Waals surface area contributed by atoms with Crippen molar-refractivity contribution in [1.82, 2.24) is 19.8 Å². The Balaban J connectivity index is 1.94. The number of benzene rings is 1. The quantitative estimate of drug-likeness (QED) is 0.768. The van der Waals surface area contributed by atoms with Crippen LogP contribution in [0, 0.1) is 0 Å². The van der Waals surface area contributed by atoms with Crippen LogP contribution in [-0.2, 0) is 16.1 Å². The Morgan fingerprint density at radius 1 is 1.23 bits per heavy atom. The summed E-state index contributed by atoms with van der Waals surface area (Å²) in [4.78, 5) is 24.7. The van der Waals surface area contributed by atoms with Crippen LogP contribution < -0.4 is 0 Å². The number of carbonyl (C=O) groups is 1. The maximum Gasteiger partial charge on any atom is 0.236 e. The van der Waals surface area contributed by atoms with Gasteiger partial charge in [-0.2, -0.15) is 0 Å². The number of hydrogen-bond donors (Lipinski definition) is 0. The first-order valence-corrected chi connectivity index (χ1v) is 7.22. The minimum atomic E-state index is 0.0496. The van der Waals surface area contributed by atoms with Crippen molar-refractivity contribution in [3.8, 4) is 0 Å². The highest BCUT2D eigenvalue weighted by molar-refractivity contribution is 5.78. The zero-order valence-electron chi connectivity index (χ0n) is 13.3. The molecule has 1 aromatic heterocycles. The van der Waals surface area contributed by atoms with E-state index in [0.717, 1.165) is 23.3 Å². The zero-order valence-corrected chi connectivity index (χ0v) is 13.3. The number of fused-ring (bicyclic) bond motifs is 1. The average molecular weight is 302 g/mol. The Hall–Kier alpha value is -2.05. The van der Waals surface area contributed by atoms with E-state index >= 15 is 0 Å². The first kappa shape index (κ1) is 16.3. The zero-order chi connectivity index (χ0) is 15.9. The molecule has 0 aliphatic rings. The topological polar surface area (TPSA) is 58.6 Å². The van der Waals surface area contributed by atoms with Gasteiger partial charge in [0.15, 0.2) is 0 Å². The van der Waals surface area contributed by atoms with Gasteiger partial charge in [0.2, 0.25) is 5.91 Å². The van der Waals surface area contributed by atoms with Crippen molar-refractivity contribution in [3.63, 3.8) is 0 Å². The summed E-state index contributed by atoms with van der Waals surface area (Å²) >= 11 is 0. The molecule has 0 aliphatic carbocycles. The molecule has 0 spiro atoms. The largest absolute Gasteiger partial charge is 0.383 e. The lowest BCUT2D eigenvalue weighted by atomic mass is 10.3. The summed E-state index contributed by atoms with van der Waals surface area (Å²) in [6.07, 6.45) is 1.72. The summed E-state index contributed by atoms with van der Waals surface area (Å²) in [6, 6.07) is 7.71. The molecule has 22 heavy (non-hydrogen) atoms. The highest BCUT2D eigenvalue weighted by Crippen LogP contribution is 2.09. The van der Waals surface area contributed by atoms with E-state index in [1.54, 1.807) is 25.3 Å². The van der Waals surface area contributed by atoms with Gasteiger partial charge >= 0.3 is 0 Å². The third kappa shape index (κ3) is 4.47. The molecular weight excluding hydrogens is 280 g/mol. The third-order valence-corrected chi connectivity index (χ3v) is 3.41. The lowest BCUT2D eigenvalue weighted by Gasteiger charge is -2.21. The average Bonchev–Trinajstić information content (AvgIpc) is 2.52. The Morgan fingerprint density at radius 2 is 1.95 bits per heavy atom.